The van der Waals surface area contributed by atoms with Gasteiger partial charge in [-0.2, -0.15) is 0 Å². The minimum Gasteiger partial charge on any atom is -0.449 e. The molecular weight excluding hydrogens is 327 g/mol. The normalized spacial score (nSPS) is 20.3. The summed E-state index contributed by atoms with van der Waals surface area (Å²) in [5.74, 6) is 0. The summed E-state index contributed by atoms with van der Waals surface area (Å²) in [5, 5.41) is 9.76. The zero-order chi connectivity index (χ0) is 18.3. The van der Waals surface area contributed by atoms with Crippen molar-refractivity contribution in [2.24, 2.45) is 0 Å². The summed E-state index contributed by atoms with van der Waals surface area (Å²) >= 11 is 0. The van der Waals surface area contributed by atoms with E-state index in [-0.39, 0.29) is 12.9 Å². The lowest BCUT2D eigenvalue weighted by molar-refractivity contribution is 0.615. The summed E-state index contributed by atoms with van der Waals surface area (Å²) in [4.78, 5) is 0. The summed E-state index contributed by atoms with van der Waals surface area (Å²) in [6.45, 7) is 0. The Morgan fingerprint density at radius 3 is 2.33 bits per heavy atom. The molecule has 1 N–H and O–H groups in total. The highest BCUT2D eigenvalue weighted by Gasteiger charge is 2.48. The van der Waals surface area contributed by atoms with Crippen molar-refractivity contribution < 1.29 is 5.02 Å². The van der Waals surface area contributed by atoms with E-state index in [0.29, 0.717) is 0 Å². The van der Waals surface area contributed by atoms with Gasteiger partial charge in [0.2, 0.25) is 0 Å². The number of benzene rings is 3. The second kappa shape index (κ2) is 6.40. The number of hydrogen-bond acceptors (Lipinski definition) is 1. The van der Waals surface area contributed by atoms with Crippen LogP contribution in [0, 0.1) is 0 Å². The van der Waals surface area contributed by atoms with Crippen molar-refractivity contribution in [3.63, 3.8) is 0 Å². The van der Waals surface area contributed by atoms with Gasteiger partial charge in [-0.25, -0.2) is 0 Å². The summed E-state index contributed by atoms with van der Waals surface area (Å²) < 4.78 is 0. The van der Waals surface area contributed by atoms with Gasteiger partial charge in [-0.1, -0.05) is 96.5 Å². The van der Waals surface area contributed by atoms with E-state index in [1.807, 2.05) is 6.07 Å². The Bertz CT molecular complexity index is 1060. The molecule has 130 valence electrons. The monoisotopic (exact) mass is 348 g/mol. The molecule has 2 aliphatic rings. The van der Waals surface area contributed by atoms with Gasteiger partial charge in [0.15, 0.2) is 0 Å². The predicted octanol–water partition coefficient (Wildman–Crippen LogP) is 4.11. The summed E-state index contributed by atoms with van der Waals surface area (Å²) in [6, 6.07) is 28.0. The van der Waals surface area contributed by atoms with E-state index < -0.39 is 0 Å². The molecule has 1 atom stereocenters. The van der Waals surface area contributed by atoms with E-state index in [1.54, 1.807) is 0 Å². The minimum absolute atomic E-state index is 0.0576. The largest absolute Gasteiger partial charge is 0.449 e. The van der Waals surface area contributed by atoms with Crippen LogP contribution in [0.5, 0.6) is 0 Å². The molecule has 2 heteroatoms. The van der Waals surface area contributed by atoms with Gasteiger partial charge in [0.25, 0.3) is 0 Å². The molecule has 1 unspecified atom stereocenters. The molecule has 3 aromatic rings. The van der Waals surface area contributed by atoms with Crippen LogP contribution in [0.4, 0.5) is 0 Å². The first kappa shape index (κ1) is 16.3. The number of hydrogen-bond donors (Lipinski definition) is 1. The predicted molar refractivity (Wildman–Crippen MR) is 114 cm³/mol. The SMILES string of the molecule is OBc1cccc(C2(c3ccccc3)C3=CCCC=C3c3ccccc32)c1. The van der Waals surface area contributed by atoms with E-state index in [2.05, 4.69) is 84.9 Å². The van der Waals surface area contributed by atoms with Gasteiger partial charge in [-0.15, -0.1) is 0 Å². The Labute approximate surface area is 161 Å². The maximum absolute atomic E-state index is 9.76. The fourth-order valence-corrected chi connectivity index (χ4v) is 4.86. The fourth-order valence-electron chi connectivity index (χ4n) is 4.86. The molecule has 0 bridgehead atoms. The topological polar surface area (TPSA) is 20.2 Å². The zero-order valence-electron chi connectivity index (χ0n) is 15.2. The Kier molecular flexibility index (Phi) is 3.88. The minimum atomic E-state index is -0.324. The van der Waals surface area contributed by atoms with E-state index in [9.17, 15) is 5.02 Å². The first-order valence-electron chi connectivity index (χ1n) is 9.62. The van der Waals surface area contributed by atoms with Crippen LogP contribution in [0.25, 0.3) is 5.57 Å². The lowest BCUT2D eigenvalue weighted by Gasteiger charge is -2.35. The van der Waals surface area contributed by atoms with E-state index >= 15 is 0 Å². The Hall–Kier alpha value is -2.84. The molecule has 0 saturated carbocycles. The Balaban J connectivity index is 1.92. The van der Waals surface area contributed by atoms with Crippen molar-refractivity contribution in [2.45, 2.75) is 18.3 Å². The number of allylic oxidation sites excluding steroid dienone is 4. The van der Waals surface area contributed by atoms with Gasteiger partial charge < -0.3 is 5.02 Å². The first-order chi connectivity index (χ1) is 13.4. The van der Waals surface area contributed by atoms with Gasteiger partial charge in [-0.05, 0) is 46.2 Å². The second-order valence-corrected chi connectivity index (χ2v) is 7.33. The maximum Gasteiger partial charge on any atom is 0.304 e. The highest BCUT2D eigenvalue weighted by Crippen LogP contribution is 2.57. The highest BCUT2D eigenvalue weighted by molar-refractivity contribution is 6.45. The highest BCUT2D eigenvalue weighted by atomic mass is 16.2. The van der Waals surface area contributed by atoms with Crippen molar-refractivity contribution in [2.75, 3.05) is 0 Å². The Morgan fingerprint density at radius 1 is 0.741 bits per heavy atom. The third kappa shape index (κ3) is 2.30. The van der Waals surface area contributed by atoms with Crippen molar-refractivity contribution in [3.8, 4) is 0 Å². The zero-order valence-corrected chi connectivity index (χ0v) is 15.2. The average molecular weight is 348 g/mol. The van der Waals surface area contributed by atoms with Crippen molar-refractivity contribution in [3.05, 3.63) is 119 Å². The van der Waals surface area contributed by atoms with Gasteiger partial charge in [0, 0.05) is 0 Å². The Morgan fingerprint density at radius 2 is 1.48 bits per heavy atom. The lowest BCUT2D eigenvalue weighted by Crippen LogP contribution is -2.30. The molecule has 5 rings (SSSR count). The van der Waals surface area contributed by atoms with Crippen LogP contribution >= 0.6 is 0 Å². The molecule has 0 spiro atoms. The maximum atomic E-state index is 9.76. The van der Waals surface area contributed by atoms with Crippen LogP contribution in [-0.2, 0) is 5.41 Å². The van der Waals surface area contributed by atoms with Crippen molar-refractivity contribution >= 4 is 18.5 Å². The molecule has 0 amide bonds. The van der Waals surface area contributed by atoms with Gasteiger partial charge in [-0.3, -0.25) is 0 Å². The molecule has 27 heavy (non-hydrogen) atoms. The third-order valence-electron chi connectivity index (χ3n) is 5.93. The number of rotatable bonds is 3. The smallest absolute Gasteiger partial charge is 0.304 e. The van der Waals surface area contributed by atoms with Crippen LogP contribution in [0.1, 0.15) is 35.1 Å². The molecule has 1 nitrogen and oxygen atoms in total. The molecule has 0 aliphatic heterocycles. The summed E-state index contributed by atoms with van der Waals surface area (Å²) in [5.41, 5.74) is 8.57. The summed E-state index contributed by atoms with van der Waals surface area (Å²) in [7, 11) is 0.0576. The molecule has 3 aromatic carbocycles. The van der Waals surface area contributed by atoms with Crippen molar-refractivity contribution in [1.82, 2.24) is 0 Å². The fraction of sp³-hybridized carbons (Fsp3) is 0.120. The van der Waals surface area contributed by atoms with Gasteiger partial charge >= 0.3 is 7.48 Å². The molecule has 0 aromatic heterocycles. The lowest BCUT2D eigenvalue weighted by atomic mass is 9.66. The van der Waals surface area contributed by atoms with Crippen LogP contribution < -0.4 is 5.46 Å². The molecule has 0 saturated heterocycles. The van der Waals surface area contributed by atoms with Crippen molar-refractivity contribution in [1.29, 1.82) is 0 Å². The van der Waals surface area contributed by atoms with Gasteiger partial charge in [0.05, 0.1) is 5.41 Å². The van der Waals surface area contributed by atoms with E-state index in [0.717, 1.165) is 18.3 Å². The van der Waals surface area contributed by atoms with E-state index in [4.69, 9.17) is 0 Å². The molecule has 0 radical (unpaired) electrons. The quantitative estimate of drug-likeness (QED) is 0.707. The number of fused-ring (bicyclic) bond motifs is 3. The summed E-state index contributed by atoms with van der Waals surface area (Å²) in [6.07, 6.45) is 6.98. The second-order valence-electron chi connectivity index (χ2n) is 7.33. The molecule has 0 heterocycles. The third-order valence-corrected chi connectivity index (χ3v) is 5.93. The van der Waals surface area contributed by atoms with Crippen LogP contribution in [-0.4, -0.2) is 12.5 Å². The van der Waals surface area contributed by atoms with Crippen LogP contribution in [0.15, 0.2) is 96.6 Å². The first-order valence-corrected chi connectivity index (χ1v) is 9.62. The van der Waals surface area contributed by atoms with Crippen LogP contribution in [0.2, 0.25) is 0 Å². The van der Waals surface area contributed by atoms with Crippen LogP contribution in [0.3, 0.4) is 0 Å². The average Bonchev–Trinajstić information content (AvgIpc) is 3.06. The van der Waals surface area contributed by atoms with E-state index in [1.165, 1.54) is 33.4 Å². The molecule has 0 fully saturated rings. The standard InChI is InChI=1S/C25H21BO/c27-26-20-12-8-11-19(17-20)25(18-9-2-1-3-10-18)23-15-6-4-13-21(23)22-14-5-7-16-24(22)25/h1-4,6,8-17,26-27H,5,7H2. The van der Waals surface area contributed by atoms with Gasteiger partial charge in [0.1, 0.15) is 0 Å². The molecule has 2 aliphatic carbocycles. The molecular formula is C25H21BO.